The van der Waals surface area contributed by atoms with Gasteiger partial charge in [-0.2, -0.15) is 20.5 Å². The van der Waals surface area contributed by atoms with Gasteiger partial charge in [0.05, 0.1) is 36.0 Å². The number of hydrogen-bond donors (Lipinski definition) is 4. The van der Waals surface area contributed by atoms with Crippen molar-refractivity contribution in [1.29, 1.82) is 0 Å². The van der Waals surface area contributed by atoms with Gasteiger partial charge in [-0.25, -0.2) is 0 Å². The van der Waals surface area contributed by atoms with Crippen molar-refractivity contribution in [2.75, 3.05) is 52.1 Å². The molecule has 0 aliphatic heterocycles. The average Bonchev–Trinajstić information content (AvgIpc) is 3.31. The molecule has 2 unspecified atom stereocenters. The van der Waals surface area contributed by atoms with Crippen LogP contribution >= 0.6 is 58.0 Å². The van der Waals surface area contributed by atoms with Crippen molar-refractivity contribution in [3.63, 3.8) is 0 Å². The summed E-state index contributed by atoms with van der Waals surface area (Å²) in [5, 5.41) is 27.6. The van der Waals surface area contributed by atoms with Crippen molar-refractivity contribution in [1.82, 2.24) is 0 Å². The van der Waals surface area contributed by atoms with E-state index in [4.69, 9.17) is 67.5 Å². The van der Waals surface area contributed by atoms with Crippen molar-refractivity contribution in [2.24, 2.45) is 20.5 Å². The van der Waals surface area contributed by atoms with E-state index in [0.29, 0.717) is 66.3 Å². The number of nitrogens with one attached hydrogen (secondary N) is 4. The van der Waals surface area contributed by atoms with Crippen LogP contribution in [0, 0.1) is 0 Å². The Labute approximate surface area is 435 Å². The summed E-state index contributed by atoms with van der Waals surface area (Å²) in [4.78, 5) is 79.6. The number of para-hydroxylation sites is 2. The summed E-state index contributed by atoms with van der Waals surface area (Å²) in [7, 11) is 0. The molecule has 0 saturated carbocycles. The Bertz CT molecular complexity index is 2800. The smallest absolute Gasteiger partial charge is 0.258 e. The maximum Gasteiger partial charge on any atom is 0.258 e. The predicted molar refractivity (Wildman–Crippen MR) is 279 cm³/mol. The summed E-state index contributed by atoms with van der Waals surface area (Å²) < 4.78 is 11.5. The number of rotatable bonds is 24. The van der Waals surface area contributed by atoms with Crippen molar-refractivity contribution in [3.8, 4) is 11.5 Å². The van der Waals surface area contributed by atoms with Gasteiger partial charge in [0.15, 0.2) is 11.6 Å². The first kappa shape index (κ1) is 55.5. The highest BCUT2D eigenvalue weighted by atomic mass is 35.5. The summed E-state index contributed by atoms with van der Waals surface area (Å²) >= 11 is 30.9. The maximum atomic E-state index is 13.6. The number of azo groups is 2. The molecule has 2 atom stereocenters. The lowest BCUT2D eigenvalue weighted by molar-refractivity contribution is -0.127. The van der Waals surface area contributed by atoms with Crippen molar-refractivity contribution < 1.29 is 38.2 Å². The van der Waals surface area contributed by atoms with E-state index in [0.717, 1.165) is 11.1 Å². The zero-order valence-electron chi connectivity index (χ0n) is 38.9. The van der Waals surface area contributed by atoms with Crippen LogP contribution in [0.15, 0.2) is 111 Å². The molecule has 71 heavy (non-hydrogen) atoms. The molecule has 16 nitrogen and oxygen atoms in total. The van der Waals surface area contributed by atoms with E-state index in [9.17, 15) is 28.8 Å². The lowest BCUT2D eigenvalue weighted by Gasteiger charge is -2.16. The number of amides is 4. The molecule has 0 heterocycles. The van der Waals surface area contributed by atoms with E-state index >= 15 is 0 Å². The van der Waals surface area contributed by atoms with Crippen LogP contribution in [-0.2, 0) is 38.4 Å². The number of ketones is 2. The molecule has 5 aromatic carbocycles. The number of benzene rings is 5. The summed E-state index contributed by atoms with van der Waals surface area (Å²) in [6.45, 7) is 6.70. The van der Waals surface area contributed by atoms with Crippen LogP contribution < -0.4 is 30.7 Å². The van der Waals surface area contributed by atoms with Gasteiger partial charge in [-0.05, 0) is 130 Å². The minimum Gasteiger partial charge on any atom is -0.492 e. The minimum atomic E-state index is -1.62. The van der Waals surface area contributed by atoms with Gasteiger partial charge in [0.25, 0.3) is 23.6 Å². The molecule has 372 valence electrons. The molecule has 5 aromatic rings. The van der Waals surface area contributed by atoms with Gasteiger partial charge in [0, 0.05) is 50.2 Å². The van der Waals surface area contributed by atoms with Gasteiger partial charge in [-0.3, -0.25) is 28.8 Å². The molecule has 0 aliphatic carbocycles. The lowest BCUT2D eigenvalue weighted by atomic mass is 10.1. The number of alkyl halides is 3. The topological polar surface area (TPSA) is 218 Å². The number of carbonyl (C=O) groups is 6. The Balaban J connectivity index is 1.29. The zero-order chi connectivity index (χ0) is 51.6. The number of halogens is 5. The Morgan fingerprint density at radius 1 is 0.535 bits per heavy atom. The second-order valence-electron chi connectivity index (χ2n) is 15.4. The SMILES string of the molecule is CCOc1cccc(CCCl)c1NC(=O)c1cc(Cl)cc(N=NC(C(C)=O)C(=O)Nc2ccc(NC(=O)C(N=Nc3cc(Cl)cc(C(=O)Nc4c(CCCl)cccc4OCC)c3)C(C)=O)c(CCCl)c2)c1. The van der Waals surface area contributed by atoms with Gasteiger partial charge in [-0.15, -0.1) is 34.8 Å². The van der Waals surface area contributed by atoms with Crippen LogP contribution in [0.4, 0.5) is 34.1 Å². The van der Waals surface area contributed by atoms with Gasteiger partial charge < -0.3 is 30.7 Å². The number of carbonyl (C=O) groups excluding carboxylic acids is 6. The number of nitrogens with zero attached hydrogens (tertiary/aromatic N) is 4. The third-order valence-corrected chi connectivity index (χ3v) is 11.2. The van der Waals surface area contributed by atoms with Gasteiger partial charge in [0.2, 0.25) is 12.1 Å². The Morgan fingerprint density at radius 2 is 0.972 bits per heavy atom. The summed E-state index contributed by atoms with van der Waals surface area (Å²) in [5.74, 6) is -2.37. The number of anilines is 4. The second-order valence-corrected chi connectivity index (χ2v) is 17.4. The van der Waals surface area contributed by atoms with Crippen molar-refractivity contribution >= 4 is 127 Å². The summed E-state index contributed by atoms with van der Waals surface area (Å²) in [6.07, 6.45) is 1.14. The zero-order valence-corrected chi connectivity index (χ0v) is 42.7. The Morgan fingerprint density at radius 3 is 1.39 bits per heavy atom. The van der Waals surface area contributed by atoms with Gasteiger partial charge in [0.1, 0.15) is 11.5 Å². The first-order chi connectivity index (χ1) is 34.1. The molecular weight excluding hydrogens is 1020 g/mol. The number of ether oxygens (including phenoxy) is 2. The van der Waals surface area contributed by atoms with E-state index in [1.165, 1.54) is 68.4 Å². The van der Waals surface area contributed by atoms with Crippen molar-refractivity contribution in [2.45, 2.75) is 59.0 Å². The summed E-state index contributed by atoms with van der Waals surface area (Å²) in [5.41, 5.74) is 3.77. The average molecular weight is 1070 g/mol. The molecule has 21 heteroatoms. The highest BCUT2D eigenvalue weighted by Gasteiger charge is 2.26. The Kier molecular flexibility index (Phi) is 21.3. The molecule has 5 rings (SSSR count). The normalized spacial score (nSPS) is 12.0. The third-order valence-electron chi connectivity index (χ3n) is 10.2. The number of hydrogen-bond acceptors (Lipinski definition) is 12. The van der Waals surface area contributed by atoms with Gasteiger partial charge in [-0.1, -0.05) is 47.5 Å². The molecule has 0 aromatic heterocycles. The first-order valence-corrected chi connectivity index (χ1v) is 24.4. The fraction of sp³-hybridized carbons (Fsp3) is 0.280. The highest BCUT2D eigenvalue weighted by Crippen LogP contribution is 2.33. The lowest BCUT2D eigenvalue weighted by Crippen LogP contribution is -2.32. The minimum absolute atomic E-state index is 0.0876. The Hall–Kier alpha value is -6.43. The number of Topliss-reactive ketones (excluding diaryl/α,β-unsaturated/α-hetero) is 2. The molecule has 4 N–H and O–H groups in total. The van der Waals surface area contributed by atoms with Crippen LogP contribution in [0.5, 0.6) is 11.5 Å². The highest BCUT2D eigenvalue weighted by molar-refractivity contribution is 6.32. The van der Waals surface area contributed by atoms with Crippen LogP contribution in [0.1, 0.15) is 65.1 Å². The molecular formula is C50H49Cl5N8O8. The van der Waals surface area contributed by atoms with E-state index in [-0.39, 0.29) is 56.2 Å². The van der Waals surface area contributed by atoms with E-state index in [1.807, 2.05) is 26.0 Å². The molecule has 0 bridgehead atoms. The second kappa shape index (κ2) is 27.2. The maximum absolute atomic E-state index is 13.6. The molecule has 0 spiro atoms. The van der Waals surface area contributed by atoms with Crippen LogP contribution in [0.3, 0.4) is 0 Å². The fourth-order valence-corrected chi connectivity index (χ4v) is 7.97. The molecule has 4 amide bonds. The van der Waals surface area contributed by atoms with Crippen LogP contribution in [0.25, 0.3) is 0 Å². The van der Waals surface area contributed by atoms with Crippen LogP contribution in [-0.4, -0.2) is 78.1 Å². The monoisotopic (exact) mass is 1060 g/mol. The molecule has 0 saturated heterocycles. The summed E-state index contributed by atoms with van der Waals surface area (Å²) in [6, 6.07) is 20.4. The molecule has 0 aliphatic rings. The fourth-order valence-electron chi connectivity index (χ4n) is 6.91. The molecule has 0 radical (unpaired) electrons. The quantitative estimate of drug-likeness (QED) is 0.0264. The van der Waals surface area contributed by atoms with Crippen LogP contribution in [0.2, 0.25) is 10.0 Å². The number of aryl methyl sites for hydroxylation is 3. The van der Waals surface area contributed by atoms with E-state index in [2.05, 4.69) is 41.7 Å². The first-order valence-electron chi connectivity index (χ1n) is 22.1. The predicted octanol–water partition coefficient (Wildman–Crippen LogP) is 12.0. The third kappa shape index (κ3) is 15.8. The molecule has 0 fully saturated rings. The van der Waals surface area contributed by atoms with E-state index in [1.54, 1.807) is 24.3 Å². The van der Waals surface area contributed by atoms with Gasteiger partial charge >= 0.3 is 0 Å². The van der Waals surface area contributed by atoms with E-state index < -0.39 is 47.3 Å². The largest absolute Gasteiger partial charge is 0.492 e. The van der Waals surface area contributed by atoms with Crippen molar-refractivity contribution in [3.05, 3.63) is 129 Å². The standard InChI is InChI=1S/C50H49Cl5N8O8/c1-5-70-41-11-7-9-30(15-18-51)45(41)58-47(66)33-21-35(54)26-38(24-33)60-62-43(28(3)64)49(68)56-37-13-14-40(32(23-37)17-20-53)57-50(69)44(29(4)65)63-61-39-25-34(22-36(55)27-39)48(67)59-46-31(16-19-52)10-8-12-42(46)71-6-2/h7-14,21-27,43-44H,5-6,15-20H2,1-4H3,(H,56,68)(H,57,69)(H,58,66)(H,59,67).